The van der Waals surface area contributed by atoms with Gasteiger partial charge in [-0.1, -0.05) is 0 Å². The van der Waals surface area contributed by atoms with E-state index >= 15 is 0 Å². The second-order valence-corrected chi connectivity index (χ2v) is 2.09. The van der Waals surface area contributed by atoms with Gasteiger partial charge in [-0.3, -0.25) is 0 Å². The highest BCUT2D eigenvalue weighted by atomic mass is 16.2. The number of hydrogen-bond donors (Lipinski definition) is 0. The lowest BCUT2D eigenvalue weighted by atomic mass is 10.7. The number of nitrogens with zero attached hydrogens (tertiary/aromatic N) is 3. The van der Waals surface area contributed by atoms with Crippen LogP contribution in [0.5, 0.6) is 0 Å². The van der Waals surface area contributed by atoms with Gasteiger partial charge in [-0.05, 0) is 6.07 Å². The second-order valence-electron chi connectivity index (χ2n) is 2.09. The standard InChI is InChI=1S/C6H9N3O/c1-8(2)9-5-3-4-7-6(9)10/h3-5H,1-2H3. The average Bonchev–Trinajstić information content (AvgIpc) is 1.88. The van der Waals surface area contributed by atoms with Crippen LogP contribution in [0.2, 0.25) is 0 Å². The fourth-order valence-corrected chi connectivity index (χ4v) is 0.654. The van der Waals surface area contributed by atoms with Gasteiger partial charge in [0.15, 0.2) is 0 Å². The maximum Gasteiger partial charge on any atom is 0.366 e. The molecule has 1 aromatic rings. The van der Waals surface area contributed by atoms with Crippen LogP contribution in [0.1, 0.15) is 0 Å². The molecule has 10 heavy (non-hydrogen) atoms. The first-order valence-corrected chi connectivity index (χ1v) is 2.93. The minimum absolute atomic E-state index is 0.257. The summed E-state index contributed by atoms with van der Waals surface area (Å²) in [7, 11) is 3.56. The smallest absolute Gasteiger partial charge is 0.315 e. The number of aromatic nitrogens is 2. The van der Waals surface area contributed by atoms with Gasteiger partial charge >= 0.3 is 5.69 Å². The van der Waals surface area contributed by atoms with Crippen LogP contribution in [0.4, 0.5) is 0 Å². The molecule has 0 bridgehead atoms. The van der Waals surface area contributed by atoms with Crippen LogP contribution in [0.25, 0.3) is 0 Å². The Kier molecular flexibility index (Phi) is 1.71. The molecule has 0 radical (unpaired) electrons. The van der Waals surface area contributed by atoms with Crippen molar-refractivity contribution >= 4 is 0 Å². The molecule has 4 heteroatoms. The SMILES string of the molecule is CN(C)n1cccnc1=O. The molecule has 0 amide bonds. The van der Waals surface area contributed by atoms with E-state index < -0.39 is 0 Å². The Balaban J connectivity index is 3.16. The van der Waals surface area contributed by atoms with Crippen molar-refractivity contribution in [2.24, 2.45) is 0 Å². The maximum absolute atomic E-state index is 10.9. The van der Waals surface area contributed by atoms with Crippen molar-refractivity contribution in [1.29, 1.82) is 0 Å². The van der Waals surface area contributed by atoms with E-state index in [1.54, 1.807) is 31.4 Å². The summed E-state index contributed by atoms with van der Waals surface area (Å²) in [5.74, 6) is 0. The Morgan fingerprint density at radius 1 is 1.60 bits per heavy atom. The van der Waals surface area contributed by atoms with E-state index in [1.165, 1.54) is 10.9 Å². The Labute approximate surface area is 58.7 Å². The van der Waals surface area contributed by atoms with Crippen LogP contribution in [0.15, 0.2) is 23.3 Å². The molecular formula is C6H9N3O. The van der Waals surface area contributed by atoms with Gasteiger partial charge in [-0.2, -0.15) is 0 Å². The van der Waals surface area contributed by atoms with Crippen LogP contribution < -0.4 is 10.7 Å². The molecule has 0 aliphatic carbocycles. The molecule has 0 fully saturated rings. The second kappa shape index (κ2) is 2.51. The summed E-state index contributed by atoms with van der Waals surface area (Å²) in [5, 5.41) is 1.66. The highest BCUT2D eigenvalue weighted by Gasteiger charge is 1.92. The number of rotatable bonds is 1. The van der Waals surface area contributed by atoms with Crippen LogP contribution in [-0.4, -0.2) is 23.8 Å². The van der Waals surface area contributed by atoms with Crippen molar-refractivity contribution in [2.75, 3.05) is 19.1 Å². The first kappa shape index (κ1) is 6.80. The van der Waals surface area contributed by atoms with Gasteiger partial charge in [0, 0.05) is 26.5 Å². The van der Waals surface area contributed by atoms with Crippen molar-refractivity contribution < 1.29 is 0 Å². The van der Waals surface area contributed by atoms with E-state index in [2.05, 4.69) is 4.98 Å². The molecule has 0 saturated carbocycles. The summed E-state index contributed by atoms with van der Waals surface area (Å²) >= 11 is 0. The molecule has 0 unspecified atom stereocenters. The zero-order valence-electron chi connectivity index (χ0n) is 5.98. The van der Waals surface area contributed by atoms with Crippen molar-refractivity contribution in [3.63, 3.8) is 0 Å². The zero-order chi connectivity index (χ0) is 7.56. The van der Waals surface area contributed by atoms with Crippen molar-refractivity contribution in [3.05, 3.63) is 28.9 Å². The summed E-state index contributed by atoms with van der Waals surface area (Å²) in [4.78, 5) is 14.4. The molecule has 54 valence electrons. The fourth-order valence-electron chi connectivity index (χ4n) is 0.654. The van der Waals surface area contributed by atoms with Crippen molar-refractivity contribution in [2.45, 2.75) is 0 Å². The average molecular weight is 139 g/mol. The summed E-state index contributed by atoms with van der Waals surface area (Å²) in [5.41, 5.74) is -0.257. The largest absolute Gasteiger partial charge is 0.366 e. The predicted octanol–water partition coefficient (Wildman–Crippen LogP) is -0.559. The molecule has 0 atom stereocenters. The maximum atomic E-state index is 10.9. The Morgan fingerprint density at radius 2 is 2.30 bits per heavy atom. The summed E-state index contributed by atoms with van der Waals surface area (Å²) in [6.07, 6.45) is 3.14. The van der Waals surface area contributed by atoms with Crippen LogP contribution in [-0.2, 0) is 0 Å². The Morgan fingerprint density at radius 3 is 2.70 bits per heavy atom. The minimum atomic E-state index is -0.257. The first-order chi connectivity index (χ1) is 4.72. The topological polar surface area (TPSA) is 38.1 Å². The molecule has 0 aliphatic rings. The molecule has 1 rings (SSSR count). The zero-order valence-corrected chi connectivity index (χ0v) is 5.98. The van der Waals surface area contributed by atoms with Gasteiger partial charge in [0.2, 0.25) is 0 Å². The predicted molar refractivity (Wildman–Crippen MR) is 38.6 cm³/mol. The lowest BCUT2D eigenvalue weighted by Gasteiger charge is -2.13. The Hall–Kier alpha value is -1.32. The minimum Gasteiger partial charge on any atom is -0.315 e. The molecule has 4 nitrogen and oxygen atoms in total. The van der Waals surface area contributed by atoms with Crippen LogP contribution in [0.3, 0.4) is 0 Å². The third kappa shape index (κ3) is 1.15. The van der Waals surface area contributed by atoms with E-state index in [0.717, 1.165) is 0 Å². The van der Waals surface area contributed by atoms with Gasteiger partial charge in [-0.15, -0.1) is 0 Å². The lowest BCUT2D eigenvalue weighted by Crippen LogP contribution is -2.36. The van der Waals surface area contributed by atoms with Gasteiger partial charge in [0.1, 0.15) is 0 Å². The molecular weight excluding hydrogens is 130 g/mol. The van der Waals surface area contributed by atoms with E-state index in [1.807, 2.05) is 0 Å². The number of hydrogen-bond acceptors (Lipinski definition) is 3. The van der Waals surface area contributed by atoms with E-state index in [9.17, 15) is 4.79 Å². The normalized spacial score (nSPS) is 9.40. The molecule has 0 saturated heterocycles. The summed E-state index contributed by atoms with van der Waals surface area (Å²) in [6.45, 7) is 0. The highest BCUT2D eigenvalue weighted by Crippen LogP contribution is 1.75. The van der Waals surface area contributed by atoms with Crippen molar-refractivity contribution in [1.82, 2.24) is 9.66 Å². The third-order valence-electron chi connectivity index (χ3n) is 1.13. The van der Waals surface area contributed by atoms with Crippen molar-refractivity contribution in [3.8, 4) is 0 Å². The van der Waals surface area contributed by atoms with Crippen LogP contribution >= 0.6 is 0 Å². The monoisotopic (exact) mass is 139 g/mol. The van der Waals surface area contributed by atoms with E-state index in [4.69, 9.17) is 0 Å². The third-order valence-corrected chi connectivity index (χ3v) is 1.13. The van der Waals surface area contributed by atoms with Gasteiger partial charge in [-0.25, -0.2) is 14.5 Å². The molecule has 0 aromatic carbocycles. The molecule has 0 N–H and O–H groups in total. The highest BCUT2D eigenvalue weighted by molar-refractivity contribution is 4.85. The van der Waals surface area contributed by atoms with Gasteiger partial charge in [0.25, 0.3) is 0 Å². The summed E-state index contributed by atoms with van der Waals surface area (Å²) < 4.78 is 1.42. The molecule has 1 heterocycles. The van der Waals surface area contributed by atoms with Gasteiger partial charge in [0.05, 0.1) is 0 Å². The quantitative estimate of drug-likeness (QED) is 0.523. The van der Waals surface area contributed by atoms with E-state index in [-0.39, 0.29) is 5.69 Å². The van der Waals surface area contributed by atoms with E-state index in [0.29, 0.717) is 0 Å². The molecule has 1 aromatic heterocycles. The summed E-state index contributed by atoms with van der Waals surface area (Å²) in [6, 6.07) is 1.71. The molecule has 0 spiro atoms. The fraction of sp³-hybridized carbons (Fsp3) is 0.333. The Bertz CT molecular complexity index is 266. The van der Waals surface area contributed by atoms with Crippen LogP contribution in [0, 0.1) is 0 Å². The van der Waals surface area contributed by atoms with Gasteiger partial charge < -0.3 is 5.01 Å². The first-order valence-electron chi connectivity index (χ1n) is 2.93. The molecule has 0 aliphatic heterocycles. The lowest BCUT2D eigenvalue weighted by molar-refractivity contribution is 0.675.